The van der Waals surface area contributed by atoms with Crippen molar-refractivity contribution in [2.45, 2.75) is 24.0 Å². The molecule has 54 valence electrons. The molecule has 2 atom stereocenters. The molecule has 3 heteroatoms. The SMILES string of the molecule is CCC(S)SCC1CO1. The third-order valence-electron chi connectivity index (χ3n) is 1.23. The Hall–Kier alpha value is 0.660. The first-order valence-corrected chi connectivity index (χ1v) is 4.80. The van der Waals surface area contributed by atoms with E-state index in [4.69, 9.17) is 4.74 Å². The summed E-state index contributed by atoms with van der Waals surface area (Å²) in [6.45, 7) is 3.12. The number of thiol groups is 1. The summed E-state index contributed by atoms with van der Waals surface area (Å²) in [5, 5.41) is 0. The normalized spacial score (nSPS) is 28.0. The maximum absolute atomic E-state index is 5.05. The van der Waals surface area contributed by atoms with Crippen LogP contribution in [0.5, 0.6) is 0 Å². The zero-order valence-electron chi connectivity index (χ0n) is 5.54. The number of hydrogen-bond acceptors (Lipinski definition) is 3. The quantitative estimate of drug-likeness (QED) is 0.386. The minimum absolute atomic E-state index is 0.509. The second kappa shape index (κ2) is 3.74. The van der Waals surface area contributed by atoms with Crippen molar-refractivity contribution in [1.82, 2.24) is 0 Å². The van der Waals surface area contributed by atoms with E-state index >= 15 is 0 Å². The van der Waals surface area contributed by atoms with Crippen molar-refractivity contribution < 1.29 is 4.74 Å². The van der Waals surface area contributed by atoms with Gasteiger partial charge < -0.3 is 4.74 Å². The number of ether oxygens (including phenoxy) is 1. The third kappa shape index (κ3) is 3.38. The molecule has 0 amide bonds. The van der Waals surface area contributed by atoms with E-state index in [0.717, 1.165) is 18.8 Å². The molecule has 1 nitrogen and oxygen atoms in total. The van der Waals surface area contributed by atoms with Gasteiger partial charge in [-0.15, -0.1) is 11.8 Å². The second-order valence-corrected chi connectivity index (χ2v) is 4.36. The average Bonchev–Trinajstić information content (AvgIpc) is 2.65. The summed E-state index contributed by atoms with van der Waals surface area (Å²) in [6, 6.07) is 0. The summed E-state index contributed by atoms with van der Waals surface area (Å²) < 4.78 is 5.56. The fourth-order valence-corrected chi connectivity index (χ4v) is 1.62. The van der Waals surface area contributed by atoms with Crippen molar-refractivity contribution in [3.63, 3.8) is 0 Å². The van der Waals surface area contributed by atoms with E-state index < -0.39 is 0 Å². The van der Waals surface area contributed by atoms with Crippen LogP contribution in [0.2, 0.25) is 0 Å². The van der Waals surface area contributed by atoms with E-state index in [1.54, 1.807) is 0 Å². The summed E-state index contributed by atoms with van der Waals surface area (Å²) in [5.74, 6) is 1.13. The lowest BCUT2D eigenvalue weighted by Gasteiger charge is -2.03. The third-order valence-corrected chi connectivity index (χ3v) is 3.32. The Morgan fingerprint density at radius 1 is 1.89 bits per heavy atom. The summed E-state index contributed by atoms with van der Waals surface area (Å²) >= 11 is 6.23. The zero-order chi connectivity index (χ0) is 6.69. The second-order valence-electron chi connectivity index (χ2n) is 2.15. The Morgan fingerprint density at radius 3 is 3.00 bits per heavy atom. The fraction of sp³-hybridized carbons (Fsp3) is 1.00. The first-order chi connectivity index (χ1) is 4.33. The molecule has 0 bridgehead atoms. The largest absolute Gasteiger partial charge is 0.372 e. The number of rotatable bonds is 4. The van der Waals surface area contributed by atoms with E-state index in [-0.39, 0.29) is 0 Å². The van der Waals surface area contributed by atoms with Gasteiger partial charge in [-0.25, -0.2) is 0 Å². The molecule has 1 saturated heterocycles. The molecule has 1 aliphatic rings. The van der Waals surface area contributed by atoms with Crippen molar-refractivity contribution in [3.8, 4) is 0 Å². The lowest BCUT2D eigenvalue weighted by molar-refractivity contribution is 0.426. The molecule has 0 aromatic carbocycles. The lowest BCUT2D eigenvalue weighted by Crippen LogP contribution is -1.95. The van der Waals surface area contributed by atoms with Gasteiger partial charge in [0.1, 0.15) is 0 Å². The summed E-state index contributed by atoms with van der Waals surface area (Å²) in [6.07, 6.45) is 1.69. The molecule has 1 rings (SSSR count). The van der Waals surface area contributed by atoms with Gasteiger partial charge in [-0.05, 0) is 6.42 Å². The number of epoxide rings is 1. The van der Waals surface area contributed by atoms with Gasteiger partial charge in [-0.1, -0.05) is 6.92 Å². The summed E-state index contributed by atoms with van der Waals surface area (Å²) in [7, 11) is 0. The van der Waals surface area contributed by atoms with E-state index in [2.05, 4.69) is 19.6 Å². The molecule has 0 N–H and O–H groups in total. The van der Waals surface area contributed by atoms with Crippen molar-refractivity contribution in [3.05, 3.63) is 0 Å². The van der Waals surface area contributed by atoms with E-state index in [9.17, 15) is 0 Å². The van der Waals surface area contributed by atoms with E-state index in [1.165, 1.54) is 0 Å². The highest BCUT2D eigenvalue weighted by molar-refractivity contribution is 8.10. The molecule has 0 spiro atoms. The van der Waals surface area contributed by atoms with E-state index in [0.29, 0.717) is 10.7 Å². The van der Waals surface area contributed by atoms with Crippen LogP contribution in [0.1, 0.15) is 13.3 Å². The Labute approximate surface area is 65.9 Å². The van der Waals surface area contributed by atoms with Crippen molar-refractivity contribution >= 4 is 24.4 Å². The molecule has 1 fully saturated rings. The van der Waals surface area contributed by atoms with E-state index in [1.807, 2.05) is 11.8 Å². The van der Waals surface area contributed by atoms with Crippen LogP contribution in [0.4, 0.5) is 0 Å². The number of hydrogen-bond donors (Lipinski definition) is 1. The summed E-state index contributed by atoms with van der Waals surface area (Å²) in [5.41, 5.74) is 0. The standard InChI is InChI=1S/C6H12OS2/c1-2-6(8)9-4-5-3-7-5/h5-6,8H,2-4H2,1H3. The topological polar surface area (TPSA) is 12.5 Å². The molecule has 0 saturated carbocycles. The fourth-order valence-electron chi connectivity index (χ4n) is 0.501. The Balaban J connectivity index is 1.90. The highest BCUT2D eigenvalue weighted by Crippen LogP contribution is 2.23. The first kappa shape index (κ1) is 7.76. The van der Waals surface area contributed by atoms with Gasteiger partial charge in [-0.2, -0.15) is 12.6 Å². The van der Waals surface area contributed by atoms with Crippen LogP contribution in [0.25, 0.3) is 0 Å². The highest BCUT2D eigenvalue weighted by atomic mass is 32.2. The first-order valence-electron chi connectivity index (χ1n) is 3.24. The lowest BCUT2D eigenvalue weighted by atomic mass is 10.6. The predicted octanol–water partition coefficient (Wildman–Crippen LogP) is 1.78. The van der Waals surface area contributed by atoms with Gasteiger partial charge >= 0.3 is 0 Å². The maximum Gasteiger partial charge on any atom is 0.0900 e. The molecular formula is C6H12OS2. The molecule has 0 aromatic heterocycles. The molecule has 1 aliphatic heterocycles. The molecule has 9 heavy (non-hydrogen) atoms. The van der Waals surface area contributed by atoms with Gasteiger partial charge in [0.2, 0.25) is 0 Å². The van der Waals surface area contributed by atoms with Crippen LogP contribution in [0.15, 0.2) is 0 Å². The molecule has 0 aromatic rings. The molecule has 2 unspecified atom stereocenters. The zero-order valence-corrected chi connectivity index (χ0v) is 7.25. The van der Waals surface area contributed by atoms with Crippen LogP contribution in [-0.2, 0) is 4.74 Å². The van der Waals surface area contributed by atoms with Crippen LogP contribution in [-0.4, -0.2) is 23.0 Å². The monoisotopic (exact) mass is 164 g/mol. The van der Waals surface area contributed by atoms with Gasteiger partial charge in [-0.3, -0.25) is 0 Å². The van der Waals surface area contributed by atoms with Gasteiger partial charge in [0.25, 0.3) is 0 Å². The van der Waals surface area contributed by atoms with Crippen molar-refractivity contribution in [2.75, 3.05) is 12.4 Å². The molecule has 1 heterocycles. The summed E-state index contributed by atoms with van der Waals surface area (Å²) in [4.78, 5) is 0. The minimum Gasteiger partial charge on any atom is -0.372 e. The maximum atomic E-state index is 5.05. The van der Waals surface area contributed by atoms with Gasteiger partial charge in [0.15, 0.2) is 0 Å². The molecular weight excluding hydrogens is 152 g/mol. The van der Waals surface area contributed by atoms with Crippen LogP contribution in [0, 0.1) is 0 Å². The highest BCUT2D eigenvalue weighted by Gasteiger charge is 2.22. The molecule has 0 radical (unpaired) electrons. The van der Waals surface area contributed by atoms with Gasteiger partial charge in [0.05, 0.1) is 12.7 Å². The van der Waals surface area contributed by atoms with Crippen molar-refractivity contribution in [2.24, 2.45) is 0 Å². The van der Waals surface area contributed by atoms with Crippen LogP contribution in [0.3, 0.4) is 0 Å². The Kier molecular flexibility index (Phi) is 3.22. The Morgan fingerprint density at radius 2 is 2.56 bits per heavy atom. The average molecular weight is 164 g/mol. The predicted molar refractivity (Wildman–Crippen MR) is 45.3 cm³/mol. The van der Waals surface area contributed by atoms with Crippen LogP contribution >= 0.6 is 24.4 Å². The smallest absolute Gasteiger partial charge is 0.0900 e. The Bertz CT molecular complexity index is 83.1. The molecule has 0 aliphatic carbocycles. The minimum atomic E-state index is 0.509. The van der Waals surface area contributed by atoms with Crippen molar-refractivity contribution in [1.29, 1.82) is 0 Å². The number of thioether (sulfide) groups is 1. The van der Waals surface area contributed by atoms with Crippen LogP contribution < -0.4 is 0 Å². The van der Waals surface area contributed by atoms with Gasteiger partial charge in [0, 0.05) is 10.3 Å².